The summed E-state index contributed by atoms with van der Waals surface area (Å²) in [5, 5.41) is 0. The molecule has 1 aliphatic heterocycles. The van der Waals surface area contributed by atoms with Gasteiger partial charge in [0.2, 0.25) is 0 Å². The molecule has 0 saturated carbocycles. The van der Waals surface area contributed by atoms with Crippen LogP contribution in [0.3, 0.4) is 0 Å². The maximum atomic E-state index is 6.15. The molecule has 0 atom stereocenters. The maximum Gasteiger partial charge on any atom is 0.0593 e. The molecule has 0 unspecified atom stereocenters. The fourth-order valence-corrected chi connectivity index (χ4v) is 3.39. The van der Waals surface area contributed by atoms with Gasteiger partial charge in [-0.15, -0.1) is 0 Å². The van der Waals surface area contributed by atoms with Crippen molar-refractivity contribution < 1.29 is 4.74 Å². The first-order chi connectivity index (χ1) is 8.84. The Morgan fingerprint density at radius 3 is 2.50 bits per heavy atom. The van der Waals surface area contributed by atoms with Crippen LogP contribution in [0.15, 0.2) is 24.3 Å². The van der Waals surface area contributed by atoms with E-state index in [4.69, 9.17) is 10.5 Å². The first-order valence-electron chi connectivity index (χ1n) is 6.94. The van der Waals surface area contributed by atoms with E-state index in [1.807, 2.05) is 0 Å². The van der Waals surface area contributed by atoms with Crippen molar-refractivity contribution >= 4 is 0 Å². The summed E-state index contributed by atoms with van der Waals surface area (Å²) in [6.45, 7) is 4.61. The van der Waals surface area contributed by atoms with Crippen molar-refractivity contribution in [1.82, 2.24) is 4.90 Å². The largest absolute Gasteiger partial charge is 0.380 e. The van der Waals surface area contributed by atoms with Crippen molar-refractivity contribution in [2.45, 2.75) is 24.8 Å². The van der Waals surface area contributed by atoms with Gasteiger partial charge in [-0.05, 0) is 30.4 Å². The summed E-state index contributed by atoms with van der Waals surface area (Å²) in [6, 6.07) is 8.77. The zero-order chi connectivity index (χ0) is 12.4. The van der Waals surface area contributed by atoms with Crippen molar-refractivity contribution in [1.29, 1.82) is 0 Å². The highest BCUT2D eigenvalue weighted by atomic mass is 16.5. The van der Waals surface area contributed by atoms with Crippen LogP contribution in [0.4, 0.5) is 0 Å². The molecule has 0 radical (unpaired) electrons. The second kappa shape index (κ2) is 5.00. The summed E-state index contributed by atoms with van der Waals surface area (Å²) in [6.07, 6.45) is 3.32. The van der Waals surface area contributed by atoms with E-state index in [-0.39, 0.29) is 5.54 Å². The molecule has 0 bridgehead atoms. The third kappa shape index (κ3) is 2.07. The third-order valence-corrected chi connectivity index (χ3v) is 4.43. The summed E-state index contributed by atoms with van der Waals surface area (Å²) < 4.78 is 5.57. The molecule has 3 rings (SSSR count). The van der Waals surface area contributed by atoms with E-state index in [1.165, 1.54) is 11.1 Å². The molecule has 1 aromatic rings. The summed E-state index contributed by atoms with van der Waals surface area (Å²) in [5.74, 6) is 0. The van der Waals surface area contributed by atoms with Gasteiger partial charge in [0.15, 0.2) is 0 Å². The molecule has 1 heterocycles. The van der Waals surface area contributed by atoms with Crippen molar-refractivity contribution in [2.75, 3.05) is 32.8 Å². The van der Waals surface area contributed by atoms with Crippen LogP contribution >= 0.6 is 0 Å². The van der Waals surface area contributed by atoms with E-state index < -0.39 is 0 Å². The predicted molar refractivity (Wildman–Crippen MR) is 72.6 cm³/mol. The highest BCUT2D eigenvalue weighted by Crippen LogP contribution is 2.34. The van der Waals surface area contributed by atoms with Crippen LogP contribution in [-0.4, -0.2) is 43.3 Å². The third-order valence-electron chi connectivity index (χ3n) is 4.43. The zero-order valence-electron chi connectivity index (χ0n) is 10.9. The molecule has 3 heteroatoms. The first-order valence-corrected chi connectivity index (χ1v) is 6.94. The molecule has 0 spiro atoms. The van der Waals surface area contributed by atoms with Crippen LogP contribution < -0.4 is 5.73 Å². The monoisotopic (exact) mass is 246 g/mol. The second-order valence-corrected chi connectivity index (χ2v) is 5.50. The fourth-order valence-electron chi connectivity index (χ4n) is 3.39. The van der Waals surface area contributed by atoms with E-state index >= 15 is 0 Å². The minimum atomic E-state index is 0.136. The van der Waals surface area contributed by atoms with Gasteiger partial charge in [0.1, 0.15) is 0 Å². The molecular formula is C15H22N2O. The summed E-state index contributed by atoms with van der Waals surface area (Å²) in [7, 11) is 0. The molecule has 1 saturated heterocycles. The van der Waals surface area contributed by atoms with E-state index in [0.717, 1.165) is 52.1 Å². The zero-order valence-corrected chi connectivity index (χ0v) is 10.9. The number of rotatable bonds is 2. The lowest BCUT2D eigenvalue weighted by molar-refractivity contribution is 0.0886. The number of hydrogen-bond donors (Lipinski definition) is 1. The van der Waals surface area contributed by atoms with E-state index in [0.29, 0.717) is 0 Å². The SMILES string of the molecule is NCC1(N2CCCOCC2)Cc2ccccc2C1. The Morgan fingerprint density at radius 1 is 1.11 bits per heavy atom. The van der Waals surface area contributed by atoms with Gasteiger partial charge >= 0.3 is 0 Å². The van der Waals surface area contributed by atoms with E-state index in [2.05, 4.69) is 29.2 Å². The van der Waals surface area contributed by atoms with Crippen LogP contribution in [0.2, 0.25) is 0 Å². The topological polar surface area (TPSA) is 38.5 Å². The van der Waals surface area contributed by atoms with Crippen LogP contribution in [-0.2, 0) is 17.6 Å². The van der Waals surface area contributed by atoms with Gasteiger partial charge in [0.05, 0.1) is 6.61 Å². The summed E-state index contributed by atoms with van der Waals surface area (Å²) in [4.78, 5) is 2.57. The second-order valence-electron chi connectivity index (χ2n) is 5.50. The van der Waals surface area contributed by atoms with Crippen molar-refractivity contribution in [2.24, 2.45) is 5.73 Å². The molecular weight excluding hydrogens is 224 g/mol. The minimum absolute atomic E-state index is 0.136. The van der Waals surface area contributed by atoms with E-state index in [1.54, 1.807) is 0 Å². The number of nitrogens with zero attached hydrogens (tertiary/aromatic N) is 1. The fraction of sp³-hybridized carbons (Fsp3) is 0.600. The number of nitrogens with two attached hydrogens (primary N) is 1. The quantitative estimate of drug-likeness (QED) is 0.852. The van der Waals surface area contributed by atoms with Gasteiger partial charge < -0.3 is 10.5 Å². The molecule has 2 N–H and O–H groups in total. The number of hydrogen-bond acceptors (Lipinski definition) is 3. The number of fused-ring (bicyclic) bond motifs is 1. The molecule has 0 amide bonds. The molecule has 98 valence electrons. The standard InChI is InChI=1S/C15H22N2O/c16-12-15(17-6-3-8-18-9-7-17)10-13-4-1-2-5-14(13)11-15/h1-2,4-5H,3,6-12,16H2. The maximum absolute atomic E-state index is 6.15. The van der Waals surface area contributed by atoms with Gasteiger partial charge in [-0.3, -0.25) is 4.90 Å². The number of benzene rings is 1. The van der Waals surface area contributed by atoms with Gasteiger partial charge in [-0.25, -0.2) is 0 Å². The highest BCUT2D eigenvalue weighted by Gasteiger charge is 2.40. The molecule has 18 heavy (non-hydrogen) atoms. The van der Waals surface area contributed by atoms with Crippen LogP contribution in [0.5, 0.6) is 0 Å². The predicted octanol–water partition coefficient (Wildman–Crippen LogP) is 1.21. The Balaban J connectivity index is 1.84. The van der Waals surface area contributed by atoms with Crippen molar-refractivity contribution in [3.05, 3.63) is 35.4 Å². The summed E-state index contributed by atoms with van der Waals surface area (Å²) in [5.41, 5.74) is 9.24. The lowest BCUT2D eigenvalue weighted by Crippen LogP contribution is -2.55. The Kier molecular flexibility index (Phi) is 3.37. The highest BCUT2D eigenvalue weighted by molar-refractivity contribution is 5.36. The van der Waals surface area contributed by atoms with Gasteiger partial charge in [0.25, 0.3) is 0 Å². The molecule has 1 fully saturated rings. The Labute approximate surface area is 109 Å². The van der Waals surface area contributed by atoms with Crippen LogP contribution in [0.25, 0.3) is 0 Å². The van der Waals surface area contributed by atoms with Gasteiger partial charge in [-0.1, -0.05) is 24.3 Å². The molecule has 3 nitrogen and oxygen atoms in total. The Morgan fingerprint density at radius 2 is 1.83 bits per heavy atom. The van der Waals surface area contributed by atoms with Gasteiger partial charge in [-0.2, -0.15) is 0 Å². The normalized spacial score (nSPS) is 23.6. The van der Waals surface area contributed by atoms with Crippen molar-refractivity contribution in [3.63, 3.8) is 0 Å². The smallest absolute Gasteiger partial charge is 0.0593 e. The van der Waals surface area contributed by atoms with Crippen LogP contribution in [0.1, 0.15) is 17.5 Å². The molecule has 0 aromatic heterocycles. The molecule has 2 aliphatic rings. The molecule has 1 aromatic carbocycles. The van der Waals surface area contributed by atoms with Crippen LogP contribution in [0, 0.1) is 0 Å². The first kappa shape index (κ1) is 12.2. The molecule has 1 aliphatic carbocycles. The average Bonchev–Trinajstić information content (AvgIpc) is 2.59. The minimum Gasteiger partial charge on any atom is -0.380 e. The lowest BCUT2D eigenvalue weighted by atomic mass is 9.93. The lowest BCUT2D eigenvalue weighted by Gasteiger charge is -2.39. The Hall–Kier alpha value is -0.900. The Bertz CT molecular complexity index is 386. The van der Waals surface area contributed by atoms with E-state index in [9.17, 15) is 0 Å². The summed E-state index contributed by atoms with van der Waals surface area (Å²) >= 11 is 0. The van der Waals surface area contributed by atoms with Gasteiger partial charge in [0, 0.05) is 31.8 Å². The van der Waals surface area contributed by atoms with Crippen molar-refractivity contribution in [3.8, 4) is 0 Å². The average molecular weight is 246 g/mol. The number of ether oxygens (including phenoxy) is 1.